The molecule has 0 radical (unpaired) electrons. The molecule has 1 aliphatic rings. The SMILES string of the molecule is CC.Cc1ccc2c3c(cccc13)C(=O)C2=O. The maximum atomic E-state index is 11.6. The Morgan fingerprint density at radius 1 is 0.824 bits per heavy atom. The molecule has 0 N–H and O–H groups in total. The lowest BCUT2D eigenvalue weighted by molar-refractivity contribution is 0.0825. The van der Waals surface area contributed by atoms with E-state index in [-0.39, 0.29) is 11.6 Å². The molecule has 2 aromatic carbocycles. The molecule has 2 heteroatoms. The van der Waals surface area contributed by atoms with E-state index in [0.717, 1.165) is 16.3 Å². The van der Waals surface area contributed by atoms with E-state index in [4.69, 9.17) is 0 Å². The maximum Gasteiger partial charge on any atom is 0.234 e. The maximum absolute atomic E-state index is 11.6. The summed E-state index contributed by atoms with van der Waals surface area (Å²) >= 11 is 0. The molecule has 2 nitrogen and oxygen atoms in total. The summed E-state index contributed by atoms with van der Waals surface area (Å²) in [5.41, 5.74) is 2.20. The van der Waals surface area contributed by atoms with Crippen LogP contribution >= 0.6 is 0 Å². The second kappa shape index (κ2) is 4.13. The summed E-state index contributed by atoms with van der Waals surface area (Å²) in [6, 6.07) is 9.12. The Kier molecular flexibility index (Phi) is 2.80. The second-order valence-corrected chi connectivity index (χ2v) is 3.82. The molecule has 3 rings (SSSR count). The van der Waals surface area contributed by atoms with E-state index in [0.29, 0.717) is 11.1 Å². The highest BCUT2D eigenvalue weighted by Crippen LogP contribution is 2.32. The van der Waals surface area contributed by atoms with Gasteiger partial charge in [0.25, 0.3) is 0 Å². The first-order valence-electron chi connectivity index (χ1n) is 5.81. The van der Waals surface area contributed by atoms with Crippen molar-refractivity contribution in [2.75, 3.05) is 0 Å². The summed E-state index contributed by atoms with van der Waals surface area (Å²) in [4.78, 5) is 23.3. The van der Waals surface area contributed by atoms with Gasteiger partial charge in [-0.3, -0.25) is 9.59 Å². The zero-order chi connectivity index (χ0) is 12.6. The van der Waals surface area contributed by atoms with Crippen molar-refractivity contribution < 1.29 is 9.59 Å². The molecule has 0 unspecified atom stereocenters. The molecular weight excluding hydrogens is 212 g/mol. The molecule has 17 heavy (non-hydrogen) atoms. The molecule has 0 bridgehead atoms. The summed E-state index contributed by atoms with van der Waals surface area (Å²) in [5, 5.41) is 1.83. The van der Waals surface area contributed by atoms with Gasteiger partial charge in [0.15, 0.2) is 0 Å². The highest BCUT2D eigenvalue weighted by Gasteiger charge is 2.30. The number of rotatable bonds is 0. The number of carbonyl (C=O) groups is 2. The van der Waals surface area contributed by atoms with Gasteiger partial charge < -0.3 is 0 Å². The van der Waals surface area contributed by atoms with Crippen LogP contribution in [0.15, 0.2) is 30.3 Å². The van der Waals surface area contributed by atoms with E-state index >= 15 is 0 Å². The van der Waals surface area contributed by atoms with E-state index in [1.165, 1.54) is 0 Å². The topological polar surface area (TPSA) is 34.1 Å². The fourth-order valence-electron chi connectivity index (χ4n) is 2.18. The van der Waals surface area contributed by atoms with Gasteiger partial charge >= 0.3 is 0 Å². The van der Waals surface area contributed by atoms with Crippen LogP contribution in [0.2, 0.25) is 0 Å². The zero-order valence-electron chi connectivity index (χ0n) is 10.2. The first-order valence-corrected chi connectivity index (χ1v) is 5.81. The van der Waals surface area contributed by atoms with Crippen LogP contribution in [0, 0.1) is 6.92 Å². The fraction of sp³-hybridized carbons (Fsp3) is 0.200. The van der Waals surface area contributed by atoms with Crippen LogP contribution in [0.4, 0.5) is 0 Å². The van der Waals surface area contributed by atoms with Crippen molar-refractivity contribution in [2.45, 2.75) is 20.8 Å². The van der Waals surface area contributed by atoms with E-state index in [1.807, 2.05) is 39.0 Å². The molecule has 0 aromatic heterocycles. The lowest BCUT2D eigenvalue weighted by Gasteiger charge is -2.02. The van der Waals surface area contributed by atoms with Gasteiger partial charge in [0.05, 0.1) is 0 Å². The average molecular weight is 226 g/mol. The third-order valence-electron chi connectivity index (χ3n) is 2.95. The zero-order valence-corrected chi connectivity index (χ0v) is 10.2. The Morgan fingerprint density at radius 3 is 2.06 bits per heavy atom. The van der Waals surface area contributed by atoms with Crippen LogP contribution in [0.3, 0.4) is 0 Å². The van der Waals surface area contributed by atoms with Crippen molar-refractivity contribution in [1.29, 1.82) is 0 Å². The summed E-state index contributed by atoms with van der Waals surface area (Å²) in [5.74, 6) is -0.748. The van der Waals surface area contributed by atoms with Crippen molar-refractivity contribution in [3.05, 3.63) is 47.0 Å². The van der Waals surface area contributed by atoms with Crippen LogP contribution in [0.1, 0.15) is 40.1 Å². The normalized spacial score (nSPS) is 12.6. The van der Waals surface area contributed by atoms with E-state index in [1.54, 1.807) is 12.1 Å². The van der Waals surface area contributed by atoms with Crippen molar-refractivity contribution in [3.8, 4) is 0 Å². The minimum Gasteiger partial charge on any atom is -0.285 e. The summed E-state index contributed by atoms with van der Waals surface area (Å²) in [7, 11) is 0. The summed E-state index contributed by atoms with van der Waals surface area (Å²) in [6.07, 6.45) is 0. The van der Waals surface area contributed by atoms with Crippen molar-refractivity contribution in [1.82, 2.24) is 0 Å². The van der Waals surface area contributed by atoms with Gasteiger partial charge in [0.2, 0.25) is 11.6 Å². The van der Waals surface area contributed by atoms with Crippen molar-refractivity contribution in [2.24, 2.45) is 0 Å². The standard InChI is InChI=1S/C13H8O2.C2H6/c1-7-5-6-10-11-8(7)3-2-4-9(11)12(14)13(10)15;1-2/h2-6H,1H3;1-2H3. The van der Waals surface area contributed by atoms with Crippen LogP contribution in [0.25, 0.3) is 10.8 Å². The largest absolute Gasteiger partial charge is 0.285 e. The van der Waals surface area contributed by atoms with Crippen LogP contribution < -0.4 is 0 Å². The molecule has 0 aliphatic heterocycles. The fourth-order valence-corrected chi connectivity index (χ4v) is 2.18. The summed E-state index contributed by atoms with van der Waals surface area (Å²) < 4.78 is 0. The van der Waals surface area contributed by atoms with Gasteiger partial charge in [-0.25, -0.2) is 0 Å². The minimum atomic E-state index is -0.374. The molecule has 0 saturated heterocycles. The second-order valence-electron chi connectivity index (χ2n) is 3.82. The number of benzene rings is 2. The van der Waals surface area contributed by atoms with Crippen LogP contribution in [-0.4, -0.2) is 11.6 Å². The first kappa shape index (κ1) is 11.5. The van der Waals surface area contributed by atoms with Gasteiger partial charge in [-0.2, -0.15) is 0 Å². The monoisotopic (exact) mass is 226 g/mol. The molecule has 0 fully saturated rings. The van der Waals surface area contributed by atoms with E-state index < -0.39 is 0 Å². The van der Waals surface area contributed by atoms with Crippen molar-refractivity contribution >= 4 is 22.3 Å². The molecule has 86 valence electrons. The molecular formula is C15H14O2. The predicted octanol–water partition coefficient (Wildman–Crippen LogP) is 3.55. The van der Waals surface area contributed by atoms with E-state index in [9.17, 15) is 9.59 Å². The number of hydrogen-bond acceptors (Lipinski definition) is 2. The quantitative estimate of drug-likeness (QED) is 0.644. The molecule has 2 aromatic rings. The Balaban J connectivity index is 0.000000514. The minimum absolute atomic E-state index is 0.374. The van der Waals surface area contributed by atoms with Gasteiger partial charge in [-0.05, 0) is 23.9 Å². The Hall–Kier alpha value is -1.96. The van der Waals surface area contributed by atoms with Crippen LogP contribution in [-0.2, 0) is 0 Å². The van der Waals surface area contributed by atoms with Crippen LogP contribution in [0.5, 0.6) is 0 Å². The lowest BCUT2D eigenvalue weighted by Crippen LogP contribution is -2.05. The predicted molar refractivity (Wildman–Crippen MR) is 68.7 cm³/mol. The number of aryl methyl sites for hydroxylation is 1. The highest BCUT2D eigenvalue weighted by molar-refractivity contribution is 6.57. The lowest BCUT2D eigenvalue weighted by atomic mass is 10.0. The Morgan fingerprint density at radius 2 is 1.41 bits per heavy atom. The summed E-state index contributed by atoms with van der Waals surface area (Å²) in [6.45, 7) is 5.98. The Bertz CT molecular complexity index is 604. The van der Waals surface area contributed by atoms with Gasteiger partial charge in [-0.15, -0.1) is 0 Å². The average Bonchev–Trinajstić information content (AvgIpc) is 2.62. The number of ketones is 2. The molecule has 0 amide bonds. The Labute approximate surface area is 100 Å². The van der Waals surface area contributed by atoms with E-state index in [2.05, 4.69) is 0 Å². The third kappa shape index (κ3) is 1.48. The molecule has 1 aliphatic carbocycles. The van der Waals surface area contributed by atoms with Crippen molar-refractivity contribution in [3.63, 3.8) is 0 Å². The van der Waals surface area contributed by atoms with Gasteiger partial charge in [0, 0.05) is 16.5 Å². The molecule has 0 heterocycles. The smallest absolute Gasteiger partial charge is 0.234 e. The molecule has 0 saturated carbocycles. The first-order chi connectivity index (χ1) is 8.20. The highest BCUT2D eigenvalue weighted by atomic mass is 16.2. The third-order valence-corrected chi connectivity index (χ3v) is 2.95. The number of hydrogen-bond donors (Lipinski definition) is 0. The number of carbonyl (C=O) groups excluding carboxylic acids is 2. The molecule has 0 atom stereocenters. The van der Waals surface area contributed by atoms with Gasteiger partial charge in [0.1, 0.15) is 0 Å². The van der Waals surface area contributed by atoms with Gasteiger partial charge in [-0.1, -0.05) is 38.1 Å². The number of Topliss-reactive ketones (excluding diaryl/α,β-unsaturated/α-hetero) is 2. The molecule has 0 spiro atoms.